The third kappa shape index (κ3) is 3.30. The molecule has 2 fully saturated rings. The Balaban J connectivity index is 1.95. The molecule has 4 heteroatoms. The third-order valence-corrected chi connectivity index (χ3v) is 4.84. The molecule has 2 saturated heterocycles. The summed E-state index contributed by atoms with van der Waals surface area (Å²) in [7, 11) is 0. The Kier molecular flexibility index (Phi) is 5.23. The molecule has 2 rings (SSSR count). The molecule has 0 aliphatic carbocycles. The molecule has 2 N–H and O–H groups in total. The molecule has 19 heavy (non-hydrogen) atoms. The van der Waals surface area contributed by atoms with Gasteiger partial charge < -0.3 is 19.7 Å². The Morgan fingerprint density at radius 1 is 1.11 bits per heavy atom. The Hall–Kier alpha value is -0.160. The van der Waals surface area contributed by atoms with Crippen LogP contribution < -0.4 is 0 Å². The first-order valence-corrected chi connectivity index (χ1v) is 7.66. The fourth-order valence-corrected chi connectivity index (χ4v) is 3.27. The summed E-state index contributed by atoms with van der Waals surface area (Å²) >= 11 is 0. The lowest BCUT2D eigenvalue weighted by Crippen LogP contribution is -2.48. The zero-order valence-corrected chi connectivity index (χ0v) is 12.3. The lowest BCUT2D eigenvalue weighted by Gasteiger charge is -2.38. The number of rotatable bonds is 5. The second-order valence-corrected chi connectivity index (χ2v) is 6.27. The van der Waals surface area contributed by atoms with Crippen molar-refractivity contribution in [2.75, 3.05) is 6.61 Å². The minimum absolute atomic E-state index is 0.0478. The summed E-state index contributed by atoms with van der Waals surface area (Å²) < 4.78 is 12.1. The van der Waals surface area contributed by atoms with E-state index in [4.69, 9.17) is 14.6 Å². The van der Waals surface area contributed by atoms with E-state index in [9.17, 15) is 5.11 Å². The van der Waals surface area contributed by atoms with E-state index in [0.717, 1.165) is 12.8 Å². The van der Waals surface area contributed by atoms with Crippen LogP contribution in [0.1, 0.15) is 46.5 Å². The highest BCUT2D eigenvalue weighted by molar-refractivity contribution is 4.94. The molecule has 0 amide bonds. The second-order valence-electron chi connectivity index (χ2n) is 6.27. The first kappa shape index (κ1) is 15.2. The summed E-state index contributed by atoms with van der Waals surface area (Å²) in [5.41, 5.74) is 0. The Labute approximate surface area is 116 Å². The van der Waals surface area contributed by atoms with Gasteiger partial charge in [0.05, 0.1) is 30.5 Å². The smallest absolute Gasteiger partial charge is 0.0867 e. The maximum atomic E-state index is 10.2. The van der Waals surface area contributed by atoms with Gasteiger partial charge in [-0.1, -0.05) is 27.2 Å². The largest absolute Gasteiger partial charge is 0.396 e. The van der Waals surface area contributed by atoms with Crippen LogP contribution in [0.5, 0.6) is 0 Å². The topological polar surface area (TPSA) is 58.9 Å². The number of aliphatic hydroxyl groups is 2. The molecule has 0 spiro atoms. The third-order valence-electron chi connectivity index (χ3n) is 4.84. The van der Waals surface area contributed by atoms with E-state index in [2.05, 4.69) is 13.8 Å². The van der Waals surface area contributed by atoms with Gasteiger partial charge in [-0.2, -0.15) is 0 Å². The molecule has 0 aromatic rings. The van der Waals surface area contributed by atoms with E-state index in [1.807, 2.05) is 6.92 Å². The van der Waals surface area contributed by atoms with E-state index < -0.39 is 6.10 Å². The van der Waals surface area contributed by atoms with Gasteiger partial charge in [-0.05, 0) is 18.3 Å². The van der Waals surface area contributed by atoms with Gasteiger partial charge in [-0.3, -0.25) is 0 Å². The van der Waals surface area contributed by atoms with Crippen LogP contribution in [0.3, 0.4) is 0 Å². The first-order chi connectivity index (χ1) is 9.06. The maximum Gasteiger partial charge on any atom is 0.0867 e. The van der Waals surface area contributed by atoms with Crippen LogP contribution in [0.25, 0.3) is 0 Å². The quantitative estimate of drug-likeness (QED) is 0.800. The molecule has 2 aliphatic rings. The van der Waals surface area contributed by atoms with E-state index in [0.29, 0.717) is 18.8 Å². The van der Waals surface area contributed by atoms with Gasteiger partial charge in [0.2, 0.25) is 0 Å². The highest BCUT2D eigenvalue weighted by atomic mass is 16.6. The zero-order chi connectivity index (χ0) is 14.0. The molecule has 0 unspecified atom stereocenters. The maximum absolute atomic E-state index is 10.2. The van der Waals surface area contributed by atoms with Crippen molar-refractivity contribution in [2.45, 2.75) is 77.0 Å². The van der Waals surface area contributed by atoms with E-state index >= 15 is 0 Å². The van der Waals surface area contributed by atoms with Crippen molar-refractivity contribution in [2.24, 2.45) is 11.8 Å². The highest BCUT2D eigenvalue weighted by Gasteiger charge is 2.46. The lowest BCUT2D eigenvalue weighted by atomic mass is 9.88. The standard InChI is InChI=1S/C15H28O4/c1-4-9(2)12-8-14-13(18-12)7-11(17)15(19-14)10(3)5-6-16/h9-17H,4-8H2,1-3H3/t9-,10-,11-,12-,13+,14+,15-/m0/s1. The number of fused-ring (bicyclic) bond motifs is 1. The van der Waals surface area contributed by atoms with Crippen molar-refractivity contribution in [3.63, 3.8) is 0 Å². The van der Waals surface area contributed by atoms with Crippen LogP contribution in [0, 0.1) is 11.8 Å². The summed E-state index contributed by atoms with van der Waals surface area (Å²) in [5.74, 6) is 0.725. The molecule has 0 saturated carbocycles. The van der Waals surface area contributed by atoms with E-state index in [1.165, 1.54) is 0 Å². The van der Waals surface area contributed by atoms with E-state index in [-0.39, 0.29) is 36.9 Å². The van der Waals surface area contributed by atoms with Crippen LogP contribution in [0.2, 0.25) is 0 Å². The van der Waals surface area contributed by atoms with Crippen LogP contribution in [-0.2, 0) is 9.47 Å². The minimum Gasteiger partial charge on any atom is -0.396 e. The Morgan fingerprint density at radius 3 is 2.42 bits per heavy atom. The SMILES string of the molecule is CC[C@H](C)[C@@H]1C[C@H]2O[C@@H]([C@@H](C)CCO)[C@@H](O)C[C@H]2O1. The zero-order valence-electron chi connectivity index (χ0n) is 12.3. The molecule has 112 valence electrons. The van der Waals surface area contributed by atoms with Gasteiger partial charge in [-0.15, -0.1) is 0 Å². The van der Waals surface area contributed by atoms with Gasteiger partial charge in [0, 0.05) is 19.4 Å². The number of ether oxygens (including phenoxy) is 2. The summed E-state index contributed by atoms with van der Waals surface area (Å²) in [6.45, 7) is 6.57. The molecule has 2 heterocycles. The summed E-state index contributed by atoms with van der Waals surface area (Å²) in [4.78, 5) is 0. The van der Waals surface area contributed by atoms with Crippen molar-refractivity contribution in [3.05, 3.63) is 0 Å². The van der Waals surface area contributed by atoms with Gasteiger partial charge >= 0.3 is 0 Å². The van der Waals surface area contributed by atoms with Crippen LogP contribution >= 0.6 is 0 Å². The monoisotopic (exact) mass is 272 g/mol. The number of hydrogen-bond donors (Lipinski definition) is 2. The molecule has 7 atom stereocenters. The molecule has 0 aromatic heterocycles. The van der Waals surface area contributed by atoms with Gasteiger partial charge in [0.25, 0.3) is 0 Å². The molecular formula is C15H28O4. The molecule has 4 nitrogen and oxygen atoms in total. The van der Waals surface area contributed by atoms with Crippen molar-refractivity contribution >= 4 is 0 Å². The van der Waals surface area contributed by atoms with Crippen LogP contribution in [-0.4, -0.2) is 47.3 Å². The normalized spacial score (nSPS) is 41.8. The van der Waals surface area contributed by atoms with E-state index in [1.54, 1.807) is 0 Å². The lowest BCUT2D eigenvalue weighted by molar-refractivity contribution is -0.171. The van der Waals surface area contributed by atoms with Crippen molar-refractivity contribution in [1.29, 1.82) is 0 Å². The average molecular weight is 272 g/mol. The predicted molar refractivity (Wildman–Crippen MR) is 72.9 cm³/mol. The Morgan fingerprint density at radius 2 is 1.79 bits per heavy atom. The fraction of sp³-hybridized carbons (Fsp3) is 1.00. The molecule has 0 aromatic carbocycles. The molecule has 0 radical (unpaired) electrons. The molecule has 2 aliphatic heterocycles. The van der Waals surface area contributed by atoms with Gasteiger partial charge in [-0.25, -0.2) is 0 Å². The summed E-state index contributed by atoms with van der Waals surface area (Å²) in [6.07, 6.45) is 3.18. The van der Waals surface area contributed by atoms with Crippen molar-refractivity contribution < 1.29 is 19.7 Å². The van der Waals surface area contributed by atoms with Crippen LogP contribution in [0.15, 0.2) is 0 Å². The van der Waals surface area contributed by atoms with Crippen molar-refractivity contribution in [1.82, 2.24) is 0 Å². The number of aliphatic hydroxyl groups excluding tert-OH is 2. The van der Waals surface area contributed by atoms with Crippen LogP contribution in [0.4, 0.5) is 0 Å². The minimum atomic E-state index is -0.474. The predicted octanol–water partition coefficient (Wildman–Crippen LogP) is 1.73. The average Bonchev–Trinajstić information content (AvgIpc) is 2.79. The summed E-state index contributed by atoms with van der Waals surface area (Å²) in [5, 5.41) is 19.2. The number of hydrogen-bond acceptors (Lipinski definition) is 4. The fourth-order valence-electron chi connectivity index (χ4n) is 3.27. The molecule has 0 bridgehead atoms. The highest BCUT2D eigenvalue weighted by Crippen LogP contribution is 2.38. The van der Waals surface area contributed by atoms with Crippen molar-refractivity contribution in [3.8, 4) is 0 Å². The van der Waals surface area contributed by atoms with Gasteiger partial charge in [0.15, 0.2) is 0 Å². The molecular weight excluding hydrogens is 244 g/mol. The van der Waals surface area contributed by atoms with Gasteiger partial charge in [0.1, 0.15) is 0 Å². The Bertz CT molecular complexity index is 283. The second kappa shape index (κ2) is 6.53. The summed E-state index contributed by atoms with van der Waals surface area (Å²) in [6, 6.07) is 0. The first-order valence-electron chi connectivity index (χ1n) is 7.66.